The molecule has 0 aliphatic carbocycles. The number of urea groups is 1. The summed E-state index contributed by atoms with van der Waals surface area (Å²) < 4.78 is 11.5. The van der Waals surface area contributed by atoms with Crippen LogP contribution in [0, 0.1) is 0 Å². The summed E-state index contributed by atoms with van der Waals surface area (Å²) in [6, 6.07) is 13.3. The van der Waals surface area contributed by atoms with Gasteiger partial charge in [0.25, 0.3) is 0 Å². The molecule has 0 bridgehead atoms. The first-order chi connectivity index (χ1) is 12.1. The molecule has 2 N–H and O–H groups in total. The van der Waals surface area contributed by atoms with Crippen LogP contribution in [0.2, 0.25) is 0 Å². The Labute approximate surface area is 156 Å². The SMILES string of the molecule is COc1ccc(CCNC(=O)N/C=C/c2ccccc2Br)cc1OC. The first-order valence-electron chi connectivity index (χ1n) is 7.80. The van der Waals surface area contributed by atoms with Gasteiger partial charge in [-0.2, -0.15) is 0 Å². The van der Waals surface area contributed by atoms with Crippen molar-refractivity contribution in [3.63, 3.8) is 0 Å². The minimum atomic E-state index is -0.246. The van der Waals surface area contributed by atoms with Gasteiger partial charge >= 0.3 is 6.03 Å². The molecule has 0 unspecified atom stereocenters. The average Bonchev–Trinajstić information content (AvgIpc) is 2.63. The number of hydrogen-bond acceptors (Lipinski definition) is 3. The predicted molar refractivity (Wildman–Crippen MR) is 103 cm³/mol. The molecule has 0 atom stereocenters. The van der Waals surface area contributed by atoms with Gasteiger partial charge in [0.15, 0.2) is 11.5 Å². The van der Waals surface area contributed by atoms with Crippen LogP contribution in [0.3, 0.4) is 0 Å². The van der Waals surface area contributed by atoms with E-state index in [4.69, 9.17) is 9.47 Å². The summed E-state index contributed by atoms with van der Waals surface area (Å²) in [7, 11) is 3.20. The highest BCUT2D eigenvalue weighted by Crippen LogP contribution is 2.27. The van der Waals surface area contributed by atoms with Gasteiger partial charge in [-0.25, -0.2) is 4.79 Å². The van der Waals surface area contributed by atoms with Gasteiger partial charge in [-0.3, -0.25) is 0 Å². The van der Waals surface area contributed by atoms with Crippen molar-refractivity contribution in [2.24, 2.45) is 0 Å². The Morgan fingerprint density at radius 1 is 1.12 bits per heavy atom. The van der Waals surface area contributed by atoms with E-state index in [1.807, 2.05) is 48.5 Å². The van der Waals surface area contributed by atoms with Crippen LogP contribution in [0.5, 0.6) is 11.5 Å². The Kier molecular flexibility index (Phi) is 7.35. The maximum absolute atomic E-state index is 11.8. The summed E-state index contributed by atoms with van der Waals surface area (Å²) in [5, 5.41) is 5.50. The number of nitrogens with one attached hydrogen (secondary N) is 2. The highest BCUT2D eigenvalue weighted by molar-refractivity contribution is 9.10. The van der Waals surface area contributed by atoms with Gasteiger partial charge in [-0.15, -0.1) is 0 Å². The second-order valence-electron chi connectivity index (χ2n) is 5.19. The van der Waals surface area contributed by atoms with Gasteiger partial charge in [-0.1, -0.05) is 40.2 Å². The largest absolute Gasteiger partial charge is 0.493 e. The van der Waals surface area contributed by atoms with E-state index in [-0.39, 0.29) is 6.03 Å². The number of benzene rings is 2. The van der Waals surface area contributed by atoms with E-state index in [0.29, 0.717) is 24.5 Å². The van der Waals surface area contributed by atoms with Crippen LogP contribution in [0.4, 0.5) is 4.79 Å². The lowest BCUT2D eigenvalue weighted by Gasteiger charge is -2.10. The van der Waals surface area contributed by atoms with E-state index >= 15 is 0 Å². The van der Waals surface area contributed by atoms with Crippen molar-refractivity contribution in [1.29, 1.82) is 0 Å². The van der Waals surface area contributed by atoms with Gasteiger partial charge in [-0.05, 0) is 41.8 Å². The van der Waals surface area contributed by atoms with Gasteiger partial charge in [0.2, 0.25) is 0 Å². The van der Waals surface area contributed by atoms with Crippen molar-refractivity contribution in [3.8, 4) is 11.5 Å². The molecule has 0 saturated carbocycles. The van der Waals surface area contributed by atoms with Gasteiger partial charge < -0.3 is 20.1 Å². The van der Waals surface area contributed by atoms with Crippen molar-refractivity contribution in [2.75, 3.05) is 20.8 Å². The fourth-order valence-electron chi connectivity index (χ4n) is 2.22. The summed E-state index contributed by atoms with van der Waals surface area (Å²) in [5.41, 5.74) is 2.05. The number of carbonyl (C=O) groups excluding carboxylic acids is 1. The fourth-order valence-corrected chi connectivity index (χ4v) is 2.64. The van der Waals surface area contributed by atoms with Crippen molar-refractivity contribution in [3.05, 3.63) is 64.3 Å². The monoisotopic (exact) mass is 404 g/mol. The van der Waals surface area contributed by atoms with Crippen molar-refractivity contribution in [2.45, 2.75) is 6.42 Å². The lowest BCUT2D eigenvalue weighted by molar-refractivity contribution is 0.244. The van der Waals surface area contributed by atoms with E-state index in [9.17, 15) is 4.79 Å². The summed E-state index contributed by atoms with van der Waals surface area (Å²) in [4.78, 5) is 11.8. The summed E-state index contributed by atoms with van der Waals surface area (Å²) in [6.45, 7) is 0.518. The Morgan fingerprint density at radius 3 is 2.60 bits per heavy atom. The number of rotatable bonds is 7. The molecular formula is C19H21BrN2O3. The van der Waals surface area contributed by atoms with Crippen molar-refractivity contribution >= 4 is 28.0 Å². The van der Waals surface area contributed by atoms with E-state index in [2.05, 4.69) is 26.6 Å². The zero-order chi connectivity index (χ0) is 18.1. The molecular weight excluding hydrogens is 384 g/mol. The molecule has 0 aliphatic heterocycles. The normalized spacial score (nSPS) is 10.5. The second kappa shape index (κ2) is 9.74. The van der Waals surface area contributed by atoms with Crippen LogP contribution in [0.1, 0.15) is 11.1 Å². The minimum Gasteiger partial charge on any atom is -0.493 e. The number of amides is 2. The highest BCUT2D eigenvalue weighted by atomic mass is 79.9. The van der Waals surface area contributed by atoms with Crippen LogP contribution in [0.25, 0.3) is 6.08 Å². The van der Waals surface area contributed by atoms with Gasteiger partial charge in [0, 0.05) is 17.2 Å². The molecule has 5 nitrogen and oxygen atoms in total. The zero-order valence-corrected chi connectivity index (χ0v) is 15.8. The quantitative estimate of drug-likeness (QED) is 0.733. The number of methoxy groups -OCH3 is 2. The third-order valence-corrected chi connectivity index (χ3v) is 4.25. The summed E-state index contributed by atoms with van der Waals surface area (Å²) >= 11 is 3.45. The van der Waals surface area contributed by atoms with Gasteiger partial charge in [0.1, 0.15) is 0 Å². The molecule has 0 radical (unpaired) electrons. The molecule has 0 spiro atoms. The molecule has 2 aromatic rings. The highest BCUT2D eigenvalue weighted by Gasteiger charge is 2.05. The molecule has 0 aromatic heterocycles. The lowest BCUT2D eigenvalue weighted by Crippen LogP contribution is -2.33. The average molecular weight is 405 g/mol. The molecule has 0 heterocycles. The Hall–Kier alpha value is -2.47. The molecule has 2 aromatic carbocycles. The molecule has 132 valence electrons. The molecule has 0 fully saturated rings. The first-order valence-corrected chi connectivity index (χ1v) is 8.59. The van der Waals surface area contributed by atoms with Crippen LogP contribution in [-0.2, 0) is 6.42 Å². The van der Waals surface area contributed by atoms with Gasteiger partial charge in [0.05, 0.1) is 14.2 Å². The van der Waals surface area contributed by atoms with E-state index in [1.54, 1.807) is 20.4 Å². The molecule has 25 heavy (non-hydrogen) atoms. The molecule has 0 saturated heterocycles. The summed E-state index contributed by atoms with van der Waals surface area (Å²) in [5.74, 6) is 1.37. The molecule has 6 heteroatoms. The standard InChI is InChI=1S/C19H21BrN2O3/c1-24-17-8-7-14(13-18(17)25-2)9-11-21-19(23)22-12-10-15-5-3-4-6-16(15)20/h3-8,10,12-13H,9,11H2,1-2H3,(H2,21,22,23)/b12-10+. The summed E-state index contributed by atoms with van der Waals surface area (Å²) in [6.07, 6.45) is 4.14. The van der Waals surface area contributed by atoms with E-state index in [0.717, 1.165) is 15.6 Å². The second-order valence-corrected chi connectivity index (χ2v) is 6.05. The molecule has 2 rings (SSSR count). The maximum atomic E-state index is 11.8. The molecule has 0 aliphatic rings. The zero-order valence-electron chi connectivity index (χ0n) is 14.2. The van der Waals surface area contributed by atoms with Crippen molar-refractivity contribution < 1.29 is 14.3 Å². The lowest BCUT2D eigenvalue weighted by atomic mass is 10.1. The fraction of sp³-hybridized carbons (Fsp3) is 0.211. The van der Waals surface area contributed by atoms with E-state index in [1.165, 1.54) is 0 Å². The first kappa shape index (κ1) is 18.9. The van der Waals surface area contributed by atoms with Crippen LogP contribution >= 0.6 is 15.9 Å². The smallest absolute Gasteiger partial charge is 0.318 e. The van der Waals surface area contributed by atoms with E-state index < -0.39 is 0 Å². The minimum absolute atomic E-state index is 0.246. The number of ether oxygens (including phenoxy) is 2. The number of carbonyl (C=O) groups is 1. The number of halogens is 1. The number of hydrogen-bond donors (Lipinski definition) is 2. The Morgan fingerprint density at radius 2 is 1.88 bits per heavy atom. The van der Waals surface area contributed by atoms with Crippen LogP contribution in [0.15, 0.2) is 53.1 Å². The third kappa shape index (κ3) is 5.83. The third-order valence-electron chi connectivity index (χ3n) is 3.53. The molecule has 2 amide bonds. The topological polar surface area (TPSA) is 59.6 Å². The Bertz CT molecular complexity index is 747. The maximum Gasteiger partial charge on any atom is 0.318 e. The Balaban J connectivity index is 1.78. The van der Waals surface area contributed by atoms with Crippen molar-refractivity contribution in [1.82, 2.24) is 10.6 Å². The van der Waals surface area contributed by atoms with Crippen LogP contribution in [-0.4, -0.2) is 26.8 Å². The van der Waals surface area contributed by atoms with Crippen LogP contribution < -0.4 is 20.1 Å². The predicted octanol–water partition coefficient (Wildman–Crippen LogP) is 3.98.